The van der Waals surface area contributed by atoms with Crippen molar-refractivity contribution in [2.24, 2.45) is 5.92 Å². The minimum absolute atomic E-state index is 0.0207. The van der Waals surface area contributed by atoms with Gasteiger partial charge >= 0.3 is 11.9 Å². The molecule has 1 N–H and O–H groups in total. The van der Waals surface area contributed by atoms with Crippen molar-refractivity contribution in [2.45, 2.75) is 58.1 Å². The average Bonchev–Trinajstić information content (AvgIpc) is 2.50. The lowest BCUT2D eigenvalue weighted by molar-refractivity contribution is -0.150. The fraction of sp³-hybridized carbons (Fsp3) is 0.857. The van der Waals surface area contributed by atoms with Crippen molar-refractivity contribution in [3.05, 3.63) is 0 Å². The summed E-state index contributed by atoms with van der Waals surface area (Å²) in [5.41, 5.74) is 0. The van der Waals surface area contributed by atoms with Crippen LogP contribution in [0.2, 0.25) is 0 Å². The molecule has 2 unspecified atom stereocenters. The number of ether oxygens (including phenoxy) is 2. The van der Waals surface area contributed by atoms with Crippen LogP contribution in [0.15, 0.2) is 0 Å². The van der Waals surface area contributed by atoms with Crippen LogP contribution in [-0.2, 0) is 29.2 Å². The molecular formula is C14H26O7S. The Kier molecular flexibility index (Phi) is 6.38. The molecule has 0 aromatic rings. The van der Waals surface area contributed by atoms with E-state index >= 15 is 0 Å². The molecular weight excluding hydrogens is 312 g/mol. The van der Waals surface area contributed by atoms with Crippen LogP contribution in [0.4, 0.5) is 0 Å². The molecule has 0 bridgehead atoms. The summed E-state index contributed by atoms with van der Waals surface area (Å²) in [5.74, 6) is -3.03. The van der Waals surface area contributed by atoms with E-state index in [1.165, 1.54) is 0 Å². The van der Waals surface area contributed by atoms with Gasteiger partial charge in [0.15, 0.2) is 5.25 Å². The summed E-state index contributed by atoms with van der Waals surface area (Å²) >= 11 is 0. The van der Waals surface area contributed by atoms with Crippen LogP contribution in [-0.4, -0.2) is 43.3 Å². The predicted molar refractivity (Wildman–Crippen MR) is 80.9 cm³/mol. The zero-order valence-electron chi connectivity index (χ0n) is 17.7. The van der Waals surface area contributed by atoms with Gasteiger partial charge in [-0.05, 0) is 19.2 Å². The third-order valence-electron chi connectivity index (χ3n) is 3.14. The van der Waals surface area contributed by atoms with Gasteiger partial charge in [-0.1, -0.05) is 33.1 Å². The van der Waals surface area contributed by atoms with Crippen LogP contribution in [0.1, 0.15) is 59.7 Å². The molecule has 2 atom stereocenters. The van der Waals surface area contributed by atoms with Gasteiger partial charge in [-0.15, -0.1) is 0 Å². The maximum atomic E-state index is 12.0. The molecule has 0 fully saturated rings. The van der Waals surface area contributed by atoms with Crippen LogP contribution in [0.5, 0.6) is 0 Å². The fourth-order valence-electron chi connectivity index (χ4n) is 1.75. The third kappa shape index (κ3) is 8.33. The molecule has 0 heterocycles. The highest BCUT2D eigenvalue weighted by Crippen LogP contribution is 2.15. The molecule has 0 spiro atoms. The van der Waals surface area contributed by atoms with Crippen LogP contribution in [0.25, 0.3) is 0 Å². The Labute approximate surface area is 139 Å². The Morgan fingerprint density at radius 3 is 2.50 bits per heavy atom. The Bertz CT molecular complexity index is 603. The molecule has 0 aromatic carbocycles. The van der Waals surface area contributed by atoms with Gasteiger partial charge in [-0.25, -0.2) is 0 Å². The summed E-state index contributed by atoms with van der Waals surface area (Å²) in [4.78, 5) is 23.7. The zero-order chi connectivity index (χ0) is 21.5. The van der Waals surface area contributed by atoms with E-state index in [4.69, 9.17) is 11.6 Å². The SMILES string of the molecule is [2H]C([2H])([2H])C([2H])([2H])OC(=O)CC(C(=O)OCC(CC)CCCC)S(=O)(=O)O. The van der Waals surface area contributed by atoms with Crippen LogP contribution in [0.3, 0.4) is 0 Å². The Morgan fingerprint density at radius 1 is 1.32 bits per heavy atom. The van der Waals surface area contributed by atoms with Crippen molar-refractivity contribution in [1.29, 1.82) is 0 Å². The van der Waals surface area contributed by atoms with Crippen molar-refractivity contribution in [3.63, 3.8) is 0 Å². The first-order valence-electron chi connectivity index (χ1n) is 9.50. The molecule has 130 valence electrons. The van der Waals surface area contributed by atoms with Crippen molar-refractivity contribution in [3.8, 4) is 0 Å². The molecule has 0 amide bonds. The van der Waals surface area contributed by atoms with E-state index in [0.717, 1.165) is 19.3 Å². The first-order valence-corrected chi connectivity index (χ1v) is 8.50. The normalized spacial score (nSPS) is 18.8. The van der Waals surface area contributed by atoms with Gasteiger partial charge in [-0.3, -0.25) is 14.1 Å². The summed E-state index contributed by atoms with van der Waals surface area (Å²) in [6.07, 6.45) is 1.95. The standard InChI is InChI=1S/C14H26O7S/c1-4-7-8-11(5-2)10-21-14(16)12(22(17,18)19)9-13(15)20-6-3/h11-12H,4-10H2,1-3H3,(H,17,18,19)/i3D3,6D2. The first kappa shape index (κ1) is 13.3. The number of esters is 2. The van der Waals surface area contributed by atoms with Crippen LogP contribution < -0.4 is 0 Å². The van der Waals surface area contributed by atoms with Crippen molar-refractivity contribution in [2.75, 3.05) is 13.2 Å². The number of unbranched alkanes of at least 4 members (excludes halogenated alkanes) is 1. The van der Waals surface area contributed by atoms with Gasteiger partial charge in [0.05, 0.1) is 22.3 Å². The molecule has 0 saturated carbocycles. The van der Waals surface area contributed by atoms with E-state index < -0.39 is 47.1 Å². The average molecular weight is 343 g/mol. The Hall–Kier alpha value is -1.15. The minimum Gasteiger partial charge on any atom is -0.466 e. The van der Waals surface area contributed by atoms with Gasteiger partial charge in [0, 0.05) is 4.11 Å². The molecule has 0 aromatic heterocycles. The minimum atomic E-state index is -5.06. The summed E-state index contributed by atoms with van der Waals surface area (Å²) in [6.45, 7) is -2.96. The fourth-order valence-corrected chi connectivity index (χ4v) is 2.41. The maximum Gasteiger partial charge on any atom is 0.327 e. The van der Waals surface area contributed by atoms with Crippen LogP contribution in [0, 0.1) is 5.92 Å². The molecule has 0 saturated heterocycles. The van der Waals surface area contributed by atoms with Crippen molar-refractivity contribution in [1.82, 2.24) is 0 Å². The van der Waals surface area contributed by atoms with Gasteiger partial charge < -0.3 is 9.47 Å². The topological polar surface area (TPSA) is 107 Å². The largest absolute Gasteiger partial charge is 0.466 e. The third-order valence-corrected chi connectivity index (χ3v) is 4.22. The van der Waals surface area contributed by atoms with Crippen LogP contribution >= 0.6 is 0 Å². The monoisotopic (exact) mass is 343 g/mol. The van der Waals surface area contributed by atoms with Gasteiger partial charge in [0.1, 0.15) is 0 Å². The quantitative estimate of drug-likeness (QED) is 0.451. The van der Waals surface area contributed by atoms with Crippen molar-refractivity contribution < 1.29 is 38.9 Å². The van der Waals surface area contributed by atoms with E-state index in [1.54, 1.807) is 0 Å². The molecule has 0 rings (SSSR count). The molecule has 7 nitrogen and oxygen atoms in total. The number of carbonyl (C=O) groups is 2. The lowest BCUT2D eigenvalue weighted by atomic mass is 10.0. The smallest absolute Gasteiger partial charge is 0.327 e. The Morgan fingerprint density at radius 2 is 2.00 bits per heavy atom. The lowest BCUT2D eigenvalue weighted by Gasteiger charge is -2.17. The molecule has 0 aliphatic heterocycles. The van der Waals surface area contributed by atoms with E-state index in [2.05, 4.69) is 4.74 Å². The summed E-state index contributed by atoms with van der Waals surface area (Å²) in [6, 6.07) is 0. The number of carbonyl (C=O) groups excluding carboxylic acids is 2. The van der Waals surface area contributed by atoms with E-state index in [1.807, 2.05) is 13.8 Å². The summed E-state index contributed by atoms with van der Waals surface area (Å²) in [5, 5.41) is -2.33. The second-order valence-corrected chi connectivity index (χ2v) is 6.43. The first-order chi connectivity index (χ1) is 12.2. The number of hydrogen-bond donors (Lipinski definition) is 1. The van der Waals surface area contributed by atoms with E-state index in [-0.39, 0.29) is 12.5 Å². The van der Waals surface area contributed by atoms with Crippen molar-refractivity contribution >= 4 is 22.1 Å². The highest BCUT2D eigenvalue weighted by molar-refractivity contribution is 7.87. The lowest BCUT2D eigenvalue weighted by Crippen LogP contribution is -2.35. The second kappa shape index (κ2) is 10.6. The predicted octanol–water partition coefficient (Wildman–Crippen LogP) is 1.96. The maximum absolute atomic E-state index is 12.0. The zero-order valence-corrected chi connectivity index (χ0v) is 13.5. The Balaban J connectivity index is 5.04. The number of hydrogen-bond acceptors (Lipinski definition) is 6. The molecule has 0 aliphatic rings. The second-order valence-electron chi connectivity index (χ2n) is 4.83. The van der Waals surface area contributed by atoms with E-state index in [9.17, 15) is 22.6 Å². The van der Waals surface area contributed by atoms with Gasteiger partial charge in [0.2, 0.25) is 0 Å². The molecule has 22 heavy (non-hydrogen) atoms. The highest BCUT2D eigenvalue weighted by Gasteiger charge is 2.35. The molecule has 0 radical (unpaired) electrons. The van der Waals surface area contributed by atoms with E-state index in [0.29, 0.717) is 6.42 Å². The number of rotatable bonds is 11. The van der Waals surface area contributed by atoms with Gasteiger partial charge in [-0.2, -0.15) is 8.42 Å². The summed E-state index contributed by atoms with van der Waals surface area (Å²) in [7, 11) is -5.06. The summed E-state index contributed by atoms with van der Waals surface area (Å²) < 4.78 is 76.1. The molecule has 8 heteroatoms. The highest BCUT2D eigenvalue weighted by atomic mass is 32.2. The van der Waals surface area contributed by atoms with Gasteiger partial charge in [0.25, 0.3) is 10.1 Å². The molecule has 0 aliphatic carbocycles.